The number of alkyl halides is 2. The monoisotopic (exact) mass is 286 g/mol. The average Bonchev–Trinajstić information content (AvgIpc) is 2.42. The summed E-state index contributed by atoms with van der Waals surface area (Å²) in [7, 11) is 0. The molecule has 0 aromatic rings. The van der Waals surface area contributed by atoms with Gasteiger partial charge in [0.25, 0.3) is 0 Å². The summed E-state index contributed by atoms with van der Waals surface area (Å²) in [6.07, 6.45) is 5.39. The van der Waals surface area contributed by atoms with Crippen molar-refractivity contribution in [3.63, 3.8) is 0 Å². The van der Waals surface area contributed by atoms with E-state index in [1.807, 2.05) is 0 Å². The Balaban J connectivity index is 1.61. The molecule has 1 atom stereocenters. The molecule has 4 fully saturated rings. The largest absolute Gasteiger partial charge is 0.353 e. The predicted octanol–water partition coefficient (Wildman–Crippen LogP) is 2.59. The third kappa shape index (κ3) is 2.45. The molecule has 1 unspecified atom stereocenters. The second-order valence-corrected chi connectivity index (χ2v) is 7.05. The zero-order valence-electron chi connectivity index (χ0n) is 11.8. The number of fused-ring (bicyclic) bond motifs is 3. The van der Waals surface area contributed by atoms with Crippen LogP contribution in [-0.2, 0) is 4.79 Å². The number of carbonyl (C=O) groups is 1. The van der Waals surface area contributed by atoms with Crippen LogP contribution < -0.4 is 11.1 Å². The van der Waals surface area contributed by atoms with Crippen molar-refractivity contribution in [2.75, 3.05) is 0 Å². The number of amides is 1. The quantitative estimate of drug-likeness (QED) is 0.820. The molecule has 0 aromatic carbocycles. The summed E-state index contributed by atoms with van der Waals surface area (Å²) in [4.78, 5) is 12.6. The Hall–Kier alpha value is -0.710. The fraction of sp³-hybridized carbons (Fsp3) is 0.933. The van der Waals surface area contributed by atoms with E-state index in [9.17, 15) is 13.6 Å². The zero-order chi connectivity index (χ0) is 14.4. The highest BCUT2D eigenvalue weighted by Crippen LogP contribution is 2.49. The molecular formula is C15H24F2N2O. The third-order valence-corrected chi connectivity index (χ3v) is 5.80. The molecule has 4 rings (SSSR count). The van der Waals surface area contributed by atoms with Gasteiger partial charge >= 0.3 is 0 Å². The smallest absolute Gasteiger partial charge is 0.248 e. The van der Waals surface area contributed by atoms with Crippen LogP contribution in [0.1, 0.15) is 57.8 Å². The maximum absolute atomic E-state index is 13.1. The molecular weight excluding hydrogens is 262 g/mol. The fourth-order valence-electron chi connectivity index (χ4n) is 4.29. The van der Waals surface area contributed by atoms with E-state index in [2.05, 4.69) is 5.32 Å². The first kappa shape index (κ1) is 14.2. The van der Waals surface area contributed by atoms with E-state index in [-0.39, 0.29) is 30.8 Å². The van der Waals surface area contributed by atoms with Gasteiger partial charge in [-0.25, -0.2) is 8.78 Å². The third-order valence-electron chi connectivity index (χ3n) is 5.80. The van der Waals surface area contributed by atoms with E-state index in [0.29, 0.717) is 18.8 Å². The van der Waals surface area contributed by atoms with Crippen LogP contribution in [0.2, 0.25) is 0 Å². The van der Waals surface area contributed by atoms with Crippen LogP contribution in [0.4, 0.5) is 8.78 Å². The SMILES string of the molecule is NC1CC2CCC1(C(=O)NC1CCC(F)(F)CC1)CC2. The Morgan fingerprint density at radius 2 is 1.65 bits per heavy atom. The summed E-state index contributed by atoms with van der Waals surface area (Å²) in [6, 6.07) is -0.150. The number of carbonyl (C=O) groups excluding carboxylic acids is 1. The number of nitrogens with one attached hydrogen (secondary N) is 1. The first-order valence-electron chi connectivity index (χ1n) is 7.86. The molecule has 114 valence electrons. The van der Waals surface area contributed by atoms with E-state index in [0.717, 1.165) is 32.1 Å². The van der Waals surface area contributed by atoms with E-state index in [1.54, 1.807) is 0 Å². The zero-order valence-corrected chi connectivity index (χ0v) is 11.8. The van der Waals surface area contributed by atoms with Crippen molar-refractivity contribution in [1.29, 1.82) is 0 Å². The van der Waals surface area contributed by atoms with Crippen molar-refractivity contribution >= 4 is 5.91 Å². The molecule has 0 aliphatic heterocycles. The summed E-state index contributed by atoms with van der Waals surface area (Å²) >= 11 is 0. The van der Waals surface area contributed by atoms with Crippen molar-refractivity contribution in [2.24, 2.45) is 17.1 Å². The topological polar surface area (TPSA) is 55.1 Å². The summed E-state index contributed by atoms with van der Waals surface area (Å²) in [5.74, 6) is -1.83. The highest BCUT2D eigenvalue weighted by Gasteiger charge is 2.51. The maximum atomic E-state index is 13.1. The molecule has 1 amide bonds. The van der Waals surface area contributed by atoms with Gasteiger partial charge in [0.15, 0.2) is 0 Å². The van der Waals surface area contributed by atoms with Crippen LogP contribution in [-0.4, -0.2) is 23.9 Å². The van der Waals surface area contributed by atoms with Gasteiger partial charge in [0.1, 0.15) is 0 Å². The van der Waals surface area contributed by atoms with Crippen LogP contribution in [0, 0.1) is 11.3 Å². The van der Waals surface area contributed by atoms with Crippen LogP contribution in [0.25, 0.3) is 0 Å². The van der Waals surface area contributed by atoms with E-state index in [1.165, 1.54) is 0 Å². The second kappa shape index (κ2) is 4.93. The minimum atomic E-state index is -2.54. The molecule has 3 N–H and O–H groups in total. The highest BCUT2D eigenvalue weighted by molar-refractivity contribution is 5.84. The van der Waals surface area contributed by atoms with E-state index < -0.39 is 11.3 Å². The normalized spacial score (nSPS) is 40.5. The Labute approximate surface area is 118 Å². The highest BCUT2D eigenvalue weighted by atomic mass is 19.3. The van der Waals surface area contributed by atoms with Gasteiger partial charge in [0, 0.05) is 24.9 Å². The molecule has 4 aliphatic rings. The van der Waals surface area contributed by atoms with Gasteiger partial charge in [-0.3, -0.25) is 4.79 Å². The second-order valence-electron chi connectivity index (χ2n) is 7.05. The van der Waals surface area contributed by atoms with Gasteiger partial charge in [0.2, 0.25) is 11.8 Å². The molecule has 0 aromatic heterocycles. The summed E-state index contributed by atoms with van der Waals surface area (Å²) in [5, 5.41) is 3.02. The minimum absolute atomic E-state index is 0.0263. The van der Waals surface area contributed by atoms with Gasteiger partial charge in [-0.05, 0) is 50.9 Å². The number of hydrogen-bond acceptors (Lipinski definition) is 2. The molecule has 5 heteroatoms. The molecule has 0 spiro atoms. The lowest BCUT2D eigenvalue weighted by atomic mass is 9.57. The average molecular weight is 286 g/mol. The molecule has 0 saturated heterocycles. The first-order valence-corrected chi connectivity index (χ1v) is 7.86. The Bertz CT molecular complexity index is 381. The molecule has 4 aliphatic carbocycles. The van der Waals surface area contributed by atoms with Crippen LogP contribution in [0.5, 0.6) is 0 Å². The van der Waals surface area contributed by atoms with E-state index >= 15 is 0 Å². The van der Waals surface area contributed by atoms with Gasteiger partial charge < -0.3 is 11.1 Å². The first-order chi connectivity index (χ1) is 9.41. The van der Waals surface area contributed by atoms with Crippen molar-refractivity contribution in [2.45, 2.75) is 75.8 Å². The van der Waals surface area contributed by atoms with Crippen molar-refractivity contribution < 1.29 is 13.6 Å². The lowest BCUT2D eigenvalue weighted by molar-refractivity contribution is -0.140. The number of hydrogen-bond donors (Lipinski definition) is 2. The van der Waals surface area contributed by atoms with Crippen LogP contribution >= 0.6 is 0 Å². The summed E-state index contributed by atoms with van der Waals surface area (Å²) in [5.41, 5.74) is 5.80. The lowest BCUT2D eigenvalue weighted by Gasteiger charge is -2.50. The predicted molar refractivity (Wildman–Crippen MR) is 72.3 cm³/mol. The number of halogens is 2. The minimum Gasteiger partial charge on any atom is -0.353 e. The van der Waals surface area contributed by atoms with Crippen molar-refractivity contribution in [1.82, 2.24) is 5.32 Å². The number of rotatable bonds is 2. The number of nitrogens with two attached hydrogens (primary N) is 1. The van der Waals surface area contributed by atoms with E-state index in [4.69, 9.17) is 5.73 Å². The Morgan fingerprint density at radius 1 is 1.05 bits per heavy atom. The van der Waals surface area contributed by atoms with Crippen LogP contribution in [0.15, 0.2) is 0 Å². The lowest BCUT2D eigenvalue weighted by Crippen LogP contribution is -2.59. The van der Waals surface area contributed by atoms with Gasteiger partial charge in [-0.1, -0.05) is 0 Å². The van der Waals surface area contributed by atoms with Crippen molar-refractivity contribution in [3.8, 4) is 0 Å². The molecule has 0 radical (unpaired) electrons. The Kier molecular flexibility index (Phi) is 3.51. The fourth-order valence-corrected chi connectivity index (χ4v) is 4.29. The van der Waals surface area contributed by atoms with Gasteiger partial charge in [-0.15, -0.1) is 0 Å². The standard InChI is InChI=1S/C15H24F2N2O/c16-15(17)7-3-11(4-8-15)19-13(20)14-5-1-10(2-6-14)9-12(14)18/h10-12H,1-9,18H2,(H,19,20). The van der Waals surface area contributed by atoms with Crippen molar-refractivity contribution in [3.05, 3.63) is 0 Å². The Morgan fingerprint density at radius 3 is 2.20 bits per heavy atom. The van der Waals surface area contributed by atoms with Crippen LogP contribution in [0.3, 0.4) is 0 Å². The molecule has 20 heavy (non-hydrogen) atoms. The van der Waals surface area contributed by atoms with Gasteiger partial charge in [0.05, 0.1) is 5.41 Å². The maximum Gasteiger partial charge on any atom is 0.248 e. The molecule has 3 nitrogen and oxygen atoms in total. The van der Waals surface area contributed by atoms with Gasteiger partial charge in [-0.2, -0.15) is 0 Å². The molecule has 2 bridgehead atoms. The summed E-state index contributed by atoms with van der Waals surface area (Å²) < 4.78 is 26.3. The molecule has 4 saturated carbocycles. The molecule has 0 heterocycles. The summed E-state index contributed by atoms with van der Waals surface area (Å²) in [6.45, 7) is 0.